The minimum absolute atomic E-state index is 0.0336. The van der Waals surface area contributed by atoms with E-state index in [1.54, 1.807) is 16.7 Å². The topological polar surface area (TPSA) is 68.9 Å². The normalized spacial score (nSPS) is 12.4. The molecule has 0 saturated carbocycles. The Bertz CT molecular complexity index is 1270. The second-order valence-corrected chi connectivity index (χ2v) is 7.48. The smallest absolute Gasteiger partial charge is 0.278 e. The van der Waals surface area contributed by atoms with Crippen molar-refractivity contribution in [2.75, 3.05) is 0 Å². The summed E-state index contributed by atoms with van der Waals surface area (Å²) in [7, 11) is 0. The van der Waals surface area contributed by atoms with Crippen LogP contribution in [0.5, 0.6) is 0 Å². The molecule has 6 nitrogen and oxygen atoms in total. The number of para-hydroxylation sites is 1. The van der Waals surface area contributed by atoms with Crippen LogP contribution >= 0.6 is 0 Å². The maximum absolute atomic E-state index is 13.3. The number of aromatic nitrogens is 3. The Morgan fingerprint density at radius 3 is 2.63 bits per heavy atom. The van der Waals surface area contributed by atoms with Crippen LogP contribution in [0, 0.1) is 5.82 Å². The minimum Gasteiger partial charge on any atom is -0.352 e. The lowest BCUT2D eigenvalue weighted by molar-refractivity contribution is -0.122. The van der Waals surface area contributed by atoms with Gasteiger partial charge in [0, 0.05) is 11.4 Å². The van der Waals surface area contributed by atoms with Gasteiger partial charge in [-0.1, -0.05) is 37.3 Å². The Hall–Kier alpha value is -3.48. The van der Waals surface area contributed by atoms with Crippen molar-refractivity contribution in [3.63, 3.8) is 0 Å². The van der Waals surface area contributed by atoms with E-state index in [-0.39, 0.29) is 36.4 Å². The third kappa shape index (κ3) is 3.70. The number of rotatable bonds is 6. The molecule has 1 atom stereocenters. The molecule has 4 rings (SSSR count). The summed E-state index contributed by atoms with van der Waals surface area (Å²) >= 11 is 0. The van der Waals surface area contributed by atoms with Crippen LogP contribution in [0.3, 0.4) is 0 Å². The van der Waals surface area contributed by atoms with Crippen molar-refractivity contribution in [2.24, 2.45) is 0 Å². The van der Waals surface area contributed by atoms with Crippen molar-refractivity contribution >= 4 is 27.8 Å². The van der Waals surface area contributed by atoms with Crippen LogP contribution in [0.2, 0.25) is 0 Å². The average molecular weight is 406 g/mol. The van der Waals surface area contributed by atoms with E-state index < -0.39 is 0 Å². The Morgan fingerprint density at radius 2 is 1.90 bits per heavy atom. The molecule has 1 unspecified atom stereocenters. The molecule has 7 heteroatoms. The third-order valence-corrected chi connectivity index (χ3v) is 5.32. The number of nitrogens with zero attached hydrogens (tertiary/aromatic N) is 3. The van der Waals surface area contributed by atoms with Gasteiger partial charge in [0.2, 0.25) is 5.91 Å². The van der Waals surface area contributed by atoms with Crippen LogP contribution < -0.4 is 10.9 Å². The Balaban J connectivity index is 1.82. The standard InChI is InChI=1S/C23H23FN4O2/c1-3-15(2)26-20(29)13-28-19-7-5-4-6-18(19)21-22(28)23(30)27(14-25-21)12-16-8-10-17(24)11-9-16/h4-11,14-15H,3,12-13H2,1-2H3,(H,26,29). The van der Waals surface area contributed by atoms with Gasteiger partial charge in [-0.3, -0.25) is 14.2 Å². The Kier molecular flexibility index (Phi) is 5.35. The van der Waals surface area contributed by atoms with E-state index in [2.05, 4.69) is 10.3 Å². The predicted molar refractivity (Wildman–Crippen MR) is 115 cm³/mol. The monoisotopic (exact) mass is 406 g/mol. The van der Waals surface area contributed by atoms with E-state index >= 15 is 0 Å². The van der Waals surface area contributed by atoms with Crippen molar-refractivity contribution < 1.29 is 9.18 Å². The molecule has 0 bridgehead atoms. The van der Waals surface area contributed by atoms with Gasteiger partial charge >= 0.3 is 0 Å². The fraction of sp³-hybridized carbons (Fsp3) is 0.261. The van der Waals surface area contributed by atoms with Gasteiger partial charge in [-0.05, 0) is 37.1 Å². The van der Waals surface area contributed by atoms with E-state index in [4.69, 9.17) is 0 Å². The lowest BCUT2D eigenvalue weighted by Gasteiger charge is -2.13. The highest BCUT2D eigenvalue weighted by molar-refractivity contribution is 6.06. The van der Waals surface area contributed by atoms with Gasteiger partial charge in [0.05, 0.1) is 18.4 Å². The largest absolute Gasteiger partial charge is 0.352 e. The fourth-order valence-corrected chi connectivity index (χ4v) is 3.58. The molecule has 2 aromatic carbocycles. The summed E-state index contributed by atoms with van der Waals surface area (Å²) in [4.78, 5) is 30.5. The summed E-state index contributed by atoms with van der Waals surface area (Å²) in [5.74, 6) is -0.479. The fourth-order valence-electron chi connectivity index (χ4n) is 3.58. The number of halogens is 1. The lowest BCUT2D eigenvalue weighted by Crippen LogP contribution is -2.35. The summed E-state index contributed by atoms with van der Waals surface area (Å²) in [5, 5.41) is 3.78. The van der Waals surface area contributed by atoms with Crippen LogP contribution in [0.1, 0.15) is 25.8 Å². The quantitative estimate of drug-likeness (QED) is 0.533. The minimum atomic E-state index is -0.327. The average Bonchev–Trinajstić information content (AvgIpc) is 3.06. The van der Waals surface area contributed by atoms with Gasteiger partial charge in [0.25, 0.3) is 5.56 Å². The molecule has 0 radical (unpaired) electrons. The Morgan fingerprint density at radius 1 is 1.17 bits per heavy atom. The number of hydrogen-bond acceptors (Lipinski definition) is 3. The Labute approximate surface area is 173 Å². The number of hydrogen-bond donors (Lipinski definition) is 1. The van der Waals surface area contributed by atoms with Crippen molar-refractivity contribution in [3.05, 3.63) is 76.6 Å². The van der Waals surface area contributed by atoms with Crippen LogP contribution in [-0.2, 0) is 17.9 Å². The molecule has 1 amide bonds. The molecule has 30 heavy (non-hydrogen) atoms. The maximum Gasteiger partial charge on any atom is 0.278 e. The first-order chi connectivity index (χ1) is 14.5. The molecule has 0 aliphatic rings. The van der Waals surface area contributed by atoms with E-state index in [9.17, 15) is 14.0 Å². The number of fused-ring (bicyclic) bond motifs is 3. The van der Waals surface area contributed by atoms with E-state index in [0.29, 0.717) is 11.0 Å². The summed E-state index contributed by atoms with van der Waals surface area (Å²) in [6, 6.07) is 13.6. The zero-order valence-electron chi connectivity index (χ0n) is 16.9. The van der Waals surface area contributed by atoms with Gasteiger partial charge in [-0.2, -0.15) is 0 Å². The summed E-state index contributed by atoms with van der Waals surface area (Å²) in [6.45, 7) is 4.25. The number of carbonyl (C=O) groups is 1. The number of amides is 1. The molecular weight excluding hydrogens is 383 g/mol. The number of carbonyl (C=O) groups excluding carboxylic acids is 1. The van der Waals surface area contributed by atoms with Gasteiger partial charge < -0.3 is 9.88 Å². The molecule has 2 aromatic heterocycles. The SMILES string of the molecule is CCC(C)NC(=O)Cn1c2ccccc2c2ncn(Cc3ccc(F)cc3)c(=O)c21. The van der Waals surface area contributed by atoms with E-state index in [1.807, 2.05) is 38.1 Å². The van der Waals surface area contributed by atoms with Crippen molar-refractivity contribution in [1.82, 2.24) is 19.4 Å². The molecule has 154 valence electrons. The summed E-state index contributed by atoms with van der Waals surface area (Å²) in [5.41, 5.74) is 2.30. The first-order valence-electron chi connectivity index (χ1n) is 9.98. The molecule has 2 heterocycles. The van der Waals surface area contributed by atoms with E-state index in [0.717, 1.165) is 22.9 Å². The van der Waals surface area contributed by atoms with Crippen molar-refractivity contribution in [1.29, 1.82) is 0 Å². The number of nitrogens with one attached hydrogen (secondary N) is 1. The second kappa shape index (κ2) is 8.10. The van der Waals surface area contributed by atoms with Crippen LogP contribution in [0.25, 0.3) is 21.9 Å². The first kappa shape index (κ1) is 19.8. The zero-order valence-corrected chi connectivity index (χ0v) is 16.9. The van der Waals surface area contributed by atoms with E-state index in [1.165, 1.54) is 23.0 Å². The maximum atomic E-state index is 13.3. The van der Waals surface area contributed by atoms with Gasteiger partial charge in [-0.15, -0.1) is 0 Å². The van der Waals surface area contributed by atoms with Gasteiger partial charge in [-0.25, -0.2) is 9.37 Å². The lowest BCUT2D eigenvalue weighted by atomic mass is 10.2. The molecule has 1 N–H and O–H groups in total. The van der Waals surface area contributed by atoms with Crippen molar-refractivity contribution in [2.45, 2.75) is 39.4 Å². The first-order valence-corrected chi connectivity index (χ1v) is 9.98. The highest BCUT2D eigenvalue weighted by atomic mass is 19.1. The predicted octanol–water partition coefficient (Wildman–Crippen LogP) is 3.45. The van der Waals surface area contributed by atoms with Crippen LogP contribution in [-0.4, -0.2) is 26.1 Å². The van der Waals surface area contributed by atoms with Crippen LogP contribution in [0.4, 0.5) is 4.39 Å². The number of benzene rings is 2. The zero-order chi connectivity index (χ0) is 21.3. The van der Waals surface area contributed by atoms with Crippen LogP contribution in [0.15, 0.2) is 59.7 Å². The molecule has 0 aliphatic heterocycles. The van der Waals surface area contributed by atoms with Gasteiger partial charge in [0.1, 0.15) is 23.4 Å². The summed E-state index contributed by atoms with van der Waals surface area (Å²) < 4.78 is 16.4. The summed E-state index contributed by atoms with van der Waals surface area (Å²) in [6.07, 6.45) is 2.33. The molecule has 0 spiro atoms. The molecule has 0 saturated heterocycles. The molecule has 0 aliphatic carbocycles. The highest BCUT2D eigenvalue weighted by Crippen LogP contribution is 2.25. The highest BCUT2D eigenvalue weighted by Gasteiger charge is 2.18. The molecular formula is C23H23FN4O2. The van der Waals surface area contributed by atoms with Gasteiger partial charge in [0.15, 0.2) is 0 Å². The van der Waals surface area contributed by atoms with Crippen molar-refractivity contribution in [3.8, 4) is 0 Å². The molecule has 0 fully saturated rings. The molecule has 4 aromatic rings. The second-order valence-electron chi connectivity index (χ2n) is 7.48. The third-order valence-electron chi connectivity index (χ3n) is 5.32.